The molecule has 1 aromatic rings. The number of anilines is 1. The first kappa shape index (κ1) is 20.2. The van der Waals surface area contributed by atoms with Gasteiger partial charge in [-0.1, -0.05) is 37.0 Å². The molecular weight excluding hydrogens is 356 g/mol. The minimum absolute atomic E-state index is 0.0332. The van der Waals surface area contributed by atoms with Crippen LogP contribution in [0.4, 0.5) is 10.5 Å². The van der Waals surface area contributed by atoms with Crippen molar-refractivity contribution in [3.63, 3.8) is 0 Å². The highest BCUT2D eigenvalue weighted by Gasteiger charge is 2.44. The number of amides is 4. The van der Waals surface area contributed by atoms with Crippen molar-refractivity contribution in [1.82, 2.24) is 10.2 Å². The first-order valence-corrected chi connectivity index (χ1v) is 10.1. The highest BCUT2D eigenvalue weighted by Crippen LogP contribution is 2.32. The summed E-state index contributed by atoms with van der Waals surface area (Å²) in [6.07, 6.45) is 5.36. The fraction of sp³-hybridized carbons (Fsp3) is 0.571. The van der Waals surface area contributed by atoms with Crippen molar-refractivity contribution in [3.8, 4) is 0 Å². The average Bonchev–Trinajstić information content (AvgIpc) is 2.70. The lowest BCUT2D eigenvalue weighted by Crippen LogP contribution is -2.62. The van der Waals surface area contributed by atoms with Crippen molar-refractivity contribution in [2.45, 2.75) is 57.4 Å². The Bertz CT molecular complexity index is 718. The molecule has 7 nitrogen and oxygen atoms in total. The van der Waals surface area contributed by atoms with E-state index in [0.717, 1.165) is 24.8 Å². The fourth-order valence-electron chi connectivity index (χ4n) is 4.23. The van der Waals surface area contributed by atoms with Crippen molar-refractivity contribution < 1.29 is 14.4 Å². The maximum atomic E-state index is 13.4. The molecule has 152 valence electrons. The topological polar surface area (TPSA) is 105 Å². The third kappa shape index (κ3) is 4.64. The van der Waals surface area contributed by atoms with Gasteiger partial charge in [0, 0.05) is 24.7 Å². The van der Waals surface area contributed by atoms with Crippen LogP contribution in [0.15, 0.2) is 24.3 Å². The van der Waals surface area contributed by atoms with E-state index in [1.807, 2.05) is 31.2 Å². The Hall–Kier alpha value is -2.57. The smallest absolute Gasteiger partial charge is 0.320 e. The number of carbonyl (C=O) groups is 3. The molecule has 0 atom stereocenters. The molecule has 0 bridgehead atoms. The summed E-state index contributed by atoms with van der Waals surface area (Å²) in [4.78, 5) is 39.2. The van der Waals surface area contributed by atoms with Gasteiger partial charge in [-0.2, -0.15) is 0 Å². The number of benzene rings is 1. The maximum Gasteiger partial charge on any atom is 0.320 e. The Balaban J connectivity index is 1.67. The predicted octanol–water partition coefficient (Wildman–Crippen LogP) is 2.54. The Morgan fingerprint density at radius 2 is 1.64 bits per heavy atom. The molecule has 0 radical (unpaired) electrons. The van der Waals surface area contributed by atoms with Crippen molar-refractivity contribution >= 4 is 23.5 Å². The van der Waals surface area contributed by atoms with Gasteiger partial charge in [-0.15, -0.1) is 0 Å². The lowest BCUT2D eigenvalue weighted by atomic mass is 9.80. The van der Waals surface area contributed by atoms with E-state index < -0.39 is 5.54 Å². The number of aryl methyl sites for hydroxylation is 1. The molecule has 2 fully saturated rings. The van der Waals surface area contributed by atoms with Gasteiger partial charge in [-0.25, -0.2) is 4.79 Å². The molecule has 1 saturated heterocycles. The zero-order chi connectivity index (χ0) is 20.1. The van der Waals surface area contributed by atoms with Crippen LogP contribution < -0.4 is 16.4 Å². The number of hydrogen-bond donors (Lipinski definition) is 3. The number of hydrogen-bond acceptors (Lipinski definition) is 3. The Morgan fingerprint density at radius 3 is 2.21 bits per heavy atom. The van der Waals surface area contributed by atoms with Crippen LogP contribution in [0.25, 0.3) is 0 Å². The zero-order valence-corrected chi connectivity index (χ0v) is 16.5. The molecule has 2 aliphatic rings. The van der Waals surface area contributed by atoms with Crippen LogP contribution >= 0.6 is 0 Å². The SMILES string of the molecule is Cc1ccc(NC(=O)NC2(C(=O)N3CCC(C(N)=O)CC3)CCCCC2)cc1. The monoisotopic (exact) mass is 386 g/mol. The van der Waals surface area contributed by atoms with Gasteiger partial charge < -0.3 is 21.3 Å². The average molecular weight is 386 g/mol. The summed E-state index contributed by atoms with van der Waals surface area (Å²) in [5, 5.41) is 5.83. The van der Waals surface area contributed by atoms with E-state index in [9.17, 15) is 14.4 Å². The molecule has 0 unspecified atom stereocenters. The number of nitrogens with one attached hydrogen (secondary N) is 2. The van der Waals surface area contributed by atoms with Gasteiger partial charge >= 0.3 is 6.03 Å². The molecule has 0 spiro atoms. The Labute approximate surface area is 166 Å². The van der Waals surface area contributed by atoms with E-state index in [0.29, 0.717) is 44.5 Å². The second kappa shape index (κ2) is 8.63. The lowest BCUT2D eigenvalue weighted by Gasteiger charge is -2.42. The molecule has 1 aliphatic heterocycles. The number of carbonyl (C=O) groups excluding carboxylic acids is 3. The lowest BCUT2D eigenvalue weighted by molar-refractivity contribution is -0.142. The molecular formula is C21H30N4O3. The standard InChI is InChI=1S/C21H30N4O3/c1-15-5-7-17(8-6-15)23-20(28)24-21(11-3-2-4-12-21)19(27)25-13-9-16(10-14-25)18(22)26/h5-8,16H,2-4,9-14H2,1H3,(H2,22,26)(H2,23,24,28). The normalized spacial score (nSPS) is 19.7. The highest BCUT2D eigenvalue weighted by molar-refractivity contribution is 5.96. The number of primary amides is 1. The zero-order valence-electron chi connectivity index (χ0n) is 16.5. The molecule has 1 aromatic carbocycles. The summed E-state index contributed by atoms with van der Waals surface area (Å²) < 4.78 is 0. The van der Waals surface area contributed by atoms with Crippen LogP contribution in [0.5, 0.6) is 0 Å². The van der Waals surface area contributed by atoms with Crippen LogP contribution in [-0.4, -0.2) is 41.4 Å². The minimum Gasteiger partial charge on any atom is -0.369 e. The molecule has 4 amide bonds. The van der Waals surface area contributed by atoms with Crippen molar-refractivity contribution in [2.75, 3.05) is 18.4 Å². The minimum atomic E-state index is -0.868. The summed E-state index contributed by atoms with van der Waals surface area (Å²) in [5.74, 6) is -0.492. The number of nitrogens with two attached hydrogens (primary N) is 1. The van der Waals surface area contributed by atoms with Gasteiger partial charge in [-0.05, 0) is 44.7 Å². The molecule has 1 heterocycles. The molecule has 3 rings (SSSR count). The quantitative estimate of drug-likeness (QED) is 0.740. The second-order valence-electron chi connectivity index (χ2n) is 8.06. The van der Waals surface area contributed by atoms with Gasteiger partial charge in [0.2, 0.25) is 11.8 Å². The second-order valence-corrected chi connectivity index (χ2v) is 8.06. The van der Waals surface area contributed by atoms with E-state index in [4.69, 9.17) is 5.73 Å². The summed E-state index contributed by atoms with van der Waals surface area (Å²) in [5.41, 5.74) is 6.34. The third-order valence-electron chi connectivity index (χ3n) is 5.96. The van der Waals surface area contributed by atoms with Crippen LogP contribution in [0, 0.1) is 12.8 Å². The Kier molecular flexibility index (Phi) is 6.21. The van der Waals surface area contributed by atoms with E-state index in [-0.39, 0.29) is 23.8 Å². The van der Waals surface area contributed by atoms with Gasteiger partial charge in [0.1, 0.15) is 5.54 Å². The molecule has 1 aliphatic carbocycles. The van der Waals surface area contributed by atoms with E-state index in [1.54, 1.807) is 4.90 Å². The number of piperidine rings is 1. The molecule has 28 heavy (non-hydrogen) atoms. The van der Waals surface area contributed by atoms with E-state index in [2.05, 4.69) is 10.6 Å². The van der Waals surface area contributed by atoms with Crippen molar-refractivity contribution in [3.05, 3.63) is 29.8 Å². The largest absolute Gasteiger partial charge is 0.369 e. The van der Waals surface area contributed by atoms with Gasteiger partial charge in [0.15, 0.2) is 0 Å². The maximum absolute atomic E-state index is 13.4. The number of urea groups is 1. The Morgan fingerprint density at radius 1 is 1.04 bits per heavy atom. The van der Waals surface area contributed by atoms with E-state index in [1.165, 1.54) is 0 Å². The van der Waals surface area contributed by atoms with Crippen LogP contribution in [0.2, 0.25) is 0 Å². The first-order valence-electron chi connectivity index (χ1n) is 10.1. The summed E-state index contributed by atoms with van der Waals surface area (Å²) in [6, 6.07) is 7.20. The number of rotatable bonds is 4. The number of nitrogens with zero attached hydrogens (tertiary/aromatic N) is 1. The van der Waals surface area contributed by atoms with Crippen LogP contribution in [0.3, 0.4) is 0 Å². The summed E-state index contributed by atoms with van der Waals surface area (Å²) in [6.45, 7) is 3.01. The van der Waals surface area contributed by atoms with Gasteiger partial charge in [0.25, 0.3) is 0 Å². The molecule has 1 saturated carbocycles. The fourth-order valence-corrected chi connectivity index (χ4v) is 4.23. The van der Waals surface area contributed by atoms with Crippen molar-refractivity contribution in [1.29, 1.82) is 0 Å². The summed E-state index contributed by atoms with van der Waals surface area (Å²) >= 11 is 0. The van der Waals surface area contributed by atoms with Crippen LogP contribution in [0.1, 0.15) is 50.5 Å². The van der Waals surface area contributed by atoms with Crippen LogP contribution in [-0.2, 0) is 9.59 Å². The molecule has 7 heteroatoms. The van der Waals surface area contributed by atoms with Crippen molar-refractivity contribution in [2.24, 2.45) is 11.7 Å². The summed E-state index contributed by atoms with van der Waals surface area (Å²) in [7, 11) is 0. The van der Waals surface area contributed by atoms with Gasteiger partial charge in [-0.3, -0.25) is 9.59 Å². The number of likely N-dealkylation sites (tertiary alicyclic amines) is 1. The van der Waals surface area contributed by atoms with E-state index >= 15 is 0 Å². The highest BCUT2D eigenvalue weighted by atomic mass is 16.2. The van der Waals surface area contributed by atoms with Gasteiger partial charge in [0.05, 0.1) is 0 Å². The predicted molar refractivity (Wildman–Crippen MR) is 108 cm³/mol. The third-order valence-corrected chi connectivity index (χ3v) is 5.96. The molecule has 0 aromatic heterocycles. The molecule has 4 N–H and O–H groups in total. The first-order chi connectivity index (χ1) is 13.4.